The molecule has 0 atom stereocenters. The molecule has 0 spiro atoms. The van der Waals surface area contributed by atoms with Crippen molar-refractivity contribution in [3.63, 3.8) is 0 Å². The van der Waals surface area contributed by atoms with E-state index in [2.05, 4.69) is 15.1 Å². The van der Waals surface area contributed by atoms with Gasteiger partial charge in [-0.05, 0) is 17.5 Å². The zero-order chi connectivity index (χ0) is 20.0. The van der Waals surface area contributed by atoms with Crippen molar-refractivity contribution in [1.29, 1.82) is 0 Å². The number of anilines is 1. The van der Waals surface area contributed by atoms with Gasteiger partial charge in [-0.2, -0.15) is 5.10 Å². The van der Waals surface area contributed by atoms with E-state index in [1.807, 2.05) is 30.3 Å². The van der Waals surface area contributed by atoms with Gasteiger partial charge in [0.1, 0.15) is 12.3 Å². The van der Waals surface area contributed by atoms with Crippen molar-refractivity contribution < 1.29 is 14.3 Å². The van der Waals surface area contributed by atoms with E-state index in [1.165, 1.54) is 4.68 Å². The van der Waals surface area contributed by atoms with Crippen LogP contribution in [0.1, 0.15) is 0 Å². The highest BCUT2D eigenvalue weighted by Crippen LogP contribution is 2.38. The van der Waals surface area contributed by atoms with Gasteiger partial charge in [0.2, 0.25) is 0 Å². The van der Waals surface area contributed by atoms with Crippen LogP contribution in [0.25, 0.3) is 44.2 Å². The number of hydrogen-bond donors (Lipinski definition) is 2. The van der Waals surface area contributed by atoms with E-state index >= 15 is 0 Å². The van der Waals surface area contributed by atoms with E-state index in [1.54, 1.807) is 31.0 Å². The summed E-state index contributed by atoms with van der Waals surface area (Å²) >= 11 is 0. The average Bonchev–Trinajstić information content (AvgIpc) is 3.35. The summed E-state index contributed by atoms with van der Waals surface area (Å²) in [6, 6.07) is 9.79. The smallest absolute Gasteiger partial charge is 0.325 e. The van der Waals surface area contributed by atoms with E-state index in [9.17, 15) is 4.79 Å². The van der Waals surface area contributed by atoms with Crippen molar-refractivity contribution >= 4 is 33.5 Å². The topological polar surface area (TPSA) is 120 Å². The lowest BCUT2D eigenvalue weighted by Crippen LogP contribution is -2.08. The number of nitrogen functional groups attached to an aromatic ring is 1. The summed E-state index contributed by atoms with van der Waals surface area (Å²) in [7, 11) is 0. The lowest BCUT2D eigenvalue weighted by atomic mass is 10.0. The minimum absolute atomic E-state index is 0.216. The van der Waals surface area contributed by atoms with Gasteiger partial charge in [0.25, 0.3) is 0 Å². The van der Waals surface area contributed by atoms with Crippen LogP contribution in [0.3, 0.4) is 0 Å². The Morgan fingerprint density at radius 1 is 1.14 bits per heavy atom. The third-order valence-corrected chi connectivity index (χ3v) is 4.78. The first-order valence-corrected chi connectivity index (χ1v) is 8.86. The summed E-state index contributed by atoms with van der Waals surface area (Å²) in [5, 5.41) is 15.9. The maximum absolute atomic E-state index is 10.9. The van der Waals surface area contributed by atoms with Gasteiger partial charge in [-0.25, -0.2) is 4.98 Å². The number of fused-ring (bicyclic) bond motifs is 2. The molecule has 0 bridgehead atoms. The lowest BCUT2D eigenvalue weighted by molar-refractivity contribution is -0.137. The monoisotopic (exact) mass is 385 g/mol. The number of rotatable bonds is 4. The predicted octanol–water partition coefficient (Wildman–Crippen LogP) is 3.57. The summed E-state index contributed by atoms with van der Waals surface area (Å²) in [6.07, 6.45) is 8.46. The van der Waals surface area contributed by atoms with Gasteiger partial charge in [0, 0.05) is 52.3 Å². The first kappa shape index (κ1) is 16.9. The quantitative estimate of drug-likeness (QED) is 0.485. The molecule has 5 rings (SSSR count). The fourth-order valence-corrected chi connectivity index (χ4v) is 3.47. The highest BCUT2D eigenvalue weighted by atomic mass is 16.4. The molecular weight excluding hydrogens is 370 g/mol. The van der Waals surface area contributed by atoms with Crippen molar-refractivity contribution in [2.24, 2.45) is 0 Å². The maximum atomic E-state index is 10.9. The fraction of sp³-hybridized carbons (Fsp3) is 0.0476. The van der Waals surface area contributed by atoms with Crippen molar-refractivity contribution in [2.45, 2.75) is 6.54 Å². The molecule has 4 aromatic heterocycles. The van der Waals surface area contributed by atoms with E-state index in [-0.39, 0.29) is 12.4 Å². The number of carboxylic acids is 1. The number of hydrogen-bond acceptors (Lipinski definition) is 6. The molecule has 0 unspecified atom stereocenters. The Hall–Kier alpha value is -4.20. The SMILES string of the molecule is Nc1ncc(-c2cnn(CC(=O)O)c2)c2cc(-c3cccc4cnccc34)oc12. The highest BCUT2D eigenvalue weighted by Gasteiger charge is 2.17. The van der Waals surface area contributed by atoms with Crippen LogP contribution in [0, 0.1) is 0 Å². The van der Waals surface area contributed by atoms with Crippen LogP contribution in [0.5, 0.6) is 0 Å². The summed E-state index contributed by atoms with van der Waals surface area (Å²) in [5.74, 6) is -0.0122. The van der Waals surface area contributed by atoms with E-state index in [4.69, 9.17) is 15.3 Å². The standard InChI is InChI=1S/C21H15N5O3/c22-21-20-16(17(9-24-21)13-8-25-26(10-13)11-19(27)28)6-18(29-20)15-3-1-2-12-7-23-5-4-14(12)15/h1-10H,11H2,(H2,22,24)(H,27,28). The van der Waals surface area contributed by atoms with E-state index in [0.29, 0.717) is 11.3 Å². The largest absolute Gasteiger partial charge is 0.480 e. The second-order valence-electron chi connectivity index (χ2n) is 6.63. The van der Waals surface area contributed by atoms with Crippen LogP contribution in [-0.4, -0.2) is 30.8 Å². The minimum atomic E-state index is -0.962. The molecule has 5 aromatic rings. The van der Waals surface area contributed by atoms with Gasteiger partial charge in [-0.15, -0.1) is 0 Å². The molecule has 0 fully saturated rings. The van der Waals surface area contributed by atoms with E-state index < -0.39 is 5.97 Å². The summed E-state index contributed by atoms with van der Waals surface area (Å²) in [6.45, 7) is -0.216. The highest BCUT2D eigenvalue weighted by molar-refractivity contribution is 6.03. The molecule has 1 aromatic carbocycles. The molecule has 4 heterocycles. The zero-order valence-electron chi connectivity index (χ0n) is 15.1. The third-order valence-electron chi connectivity index (χ3n) is 4.78. The number of nitrogens with two attached hydrogens (primary N) is 1. The Morgan fingerprint density at radius 2 is 2.03 bits per heavy atom. The van der Waals surface area contributed by atoms with Crippen molar-refractivity contribution in [3.05, 3.63) is 61.3 Å². The Labute approximate surface area is 164 Å². The Kier molecular flexibility index (Phi) is 3.77. The first-order valence-electron chi connectivity index (χ1n) is 8.86. The molecule has 3 N–H and O–H groups in total. The number of aromatic nitrogens is 4. The number of benzene rings is 1. The van der Waals surface area contributed by atoms with Crippen LogP contribution >= 0.6 is 0 Å². The number of nitrogens with zero attached hydrogens (tertiary/aromatic N) is 4. The molecule has 0 radical (unpaired) electrons. The van der Waals surface area contributed by atoms with Crippen LogP contribution in [0.4, 0.5) is 5.82 Å². The number of carboxylic acid groups (broad SMARTS) is 1. The molecule has 0 amide bonds. The summed E-state index contributed by atoms with van der Waals surface area (Å²) < 4.78 is 7.46. The molecular formula is C21H15N5O3. The second kappa shape index (κ2) is 6.45. The van der Waals surface area contributed by atoms with Crippen molar-refractivity contribution in [3.8, 4) is 22.5 Å². The molecule has 142 valence electrons. The van der Waals surface area contributed by atoms with Gasteiger partial charge in [0.05, 0.1) is 6.20 Å². The molecule has 0 aliphatic carbocycles. The number of carbonyl (C=O) groups is 1. The first-order chi connectivity index (χ1) is 14.1. The van der Waals surface area contributed by atoms with E-state index in [0.717, 1.165) is 32.8 Å². The summed E-state index contributed by atoms with van der Waals surface area (Å²) in [4.78, 5) is 19.3. The van der Waals surface area contributed by atoms with Gasteiger partial charge >= 0.3 is 5.97 Å². The predicted molar refractivity (Wildman–Crippen MR) is 108 cm³/mol. The third kappa shape index (κ3) is 2.87. The van der Waals surface area contributed by atoms with Crippen molar-refractivity contribution in [1.82, 2.24) is 19.7 Å². The number of furan rings is 1. The van der Waals surface area contributed by atoms with Crippen LogP contribution < -0.4 is 5.73 Å². The molecule has 29 heavy (non-hydrogen) atoms. The van der Waals surface area contributed by atoms with Crippen LogP contribution in [-0.2, 0) is 11.3 Å². The van der Waals surface area contributed by atoms with Gasteiger partial charge in [-0.3, -0.25) is 14.5 Å². The van der Waals surface area contributed by atoms with Crippen molar-refractivity contribution in [2.75, 3.05) is 5.73 Å². The zero-order valence-corrected chi connectivity index (χ0v) is 15.1. The maximum Gasteiger partial charge on any atom is 0.325 e. The van der Waals surface area contributed by atoms with Gasteiger partial charge in [0.15, 0.2) is 11.4 Å². The fourth-order valence-electron chi connectivity index (χ4n) is 3.47. The summed E-state index contributed by atoms with van der Waals surface area (Å²) in [5.41, 5.74) is 8.97. The Bertz CT molecular complexity index is 1380. The Morgan fingerprint density at radius 3 is 2.90 bits per heavy atom. The average molecular weight is 385 g/mol. The molecule has 0 saturated carbocycles. The minimum Gasteiger partial charge on any atom is -0.480 e. The van der Waals surface area contributed by atoms with Crippen LogP contribution in [0.2, 0.25) is 0 Å². The van der Waals surface area contributed by atoms with Gasteiger partial charge in [-0.1, -0.05) is 18.2 Å². The van der Waals surface area contributed by atoms with Crippen LogP contribution in [0.15, 0.2) is 65.7 Å². The second-order valence-corrected chi connectivity index (χ2v) is 6.63. The molecule has 0 saturated heterocycles. The van der Waals surface area contributed by atoms with Gasteiger partial charge < -0.3 is 15.3 Å². The normalized spacial score (nSPS) is 11.3. The number of aliphatic carboxylic acids is 1. The molecule has 0 aliphatic rings. The number of pyridine rings is 2. The Balaban J connectivity index is 1.69. The lowest BCUT2D eigenvalue weighted by Gasteiger charge is -2.02. The molecule has 8 nitrogen and oxygen atoms in total. The molecule has 0 aliphatic heterocycles. The molecule has 8 heteroatoms.